The van der Waals surface area contributed by atoms with Crippen molar-refractivity contribution in [3.8, 4) is 0 Å². The van der Waals surface area contributed by atoms with Gasteiger partial charge in [-0.05, 0) is 54.9 Å². The summed E-state index contributed by atoms with van der Waals surface area (Å²) in [5, 5.41) is 10.6. The Bertz CT molecular complexity index is 578. The number of carbonyl (C=O) groups is 1. The number of fused-ring (bicyclic) bond motifs is 4. The van der Waals surface area contributed by atoms with Crippen LogP contribution in [0, 0.1) is 23.2 Å². The lowest BCUT2D eigenvalue weighted by molar-refractivity contribution is -0.184. The summed E-state index contributed by atoms with van der Waals surface area (Å²) in [5.41, 5.74) is 0.474. The van der Waals surface area contributed by atoms with Crippen molar-refractivity contribution >= 4 is 5.97 Å². The maximum Gasteiger partial charge on any atom is 0.312 e. The van der Waals surface area contributed by atoms with E-state index in [1.807, 2.05) is 0 Å². The Morgan fingerprint density at radius 3 is 2.76 bits per heavy atom. The van der Waals surface area contributed by atoms with E-state index in [0.29, 0.717) is 25.4 Å². The molecule has 25 heavy (non-hydrogen) atoms. The Balaban J connectivity index is 1.99. The van der Waals surface area contributed by atoms with Gasteiger partial charge in [-0.15, -0.1) is 0 Å². The van der Waals surface area contributed by atoms with Crippen LogP contribution in [0.2, 0.25) is 0 Å². The average Bonchev–Trinajstić information content (AvgIpc) is 2.68. The van der Waals surface area contributed by atoms with Gasteiger partial charge in [0, 0.05) is 7.11 Å². The minimum atomic E-state index is -0.520. The standard InChI is InChI=1S/C21H32O4/c1-14(2)6-5-7-15-12-25-19(23)18-16(15)8-10-20(3)13-21(18,24-4)11-9-17(20)22/h5-7,14,16-18,22H,8-13H2,1-4H3/b6-5+,15-7-/t16-,17+,18+,20+,21-/m1/s1. The predicted molar refractivity (Wildman–Crippen MR) is 96.9 cm³/mol. The molecule has 0 unspecified atom stereocenters. The largest absolute Gasteiger partial charge is 0.461 e. The Kier molecular flexibility index (Phi) is 5.13. The fourth-order valence-electron chi connectivity index (χ4n) is 5.16. The van der Waals surface area contributed by atoms with Crippen LogP contribution in [0.3, 0.4) is 0 Å². The molecular formula is C21H32O4. The Labute approximate surface area is 151 Å². The zero-order valence-electron chi connectivity index (χ0n) is 16.0. The summed E-state index contributed by atoms with van der Waals surface area (Å²) in [6.07, 6.45) is 10.00. The SMILES string of the molecule is CO[C@@]12CC[C@H](O)[C@@](C)(CC[C@@H]3/C(=C\C=C\C(C)C)COC(=O)[C@H]31)C2. The number of aliphatic hydroxyl groups is 1. The number of cyclic esters (lactones) is 1. The van der Waals surface area contributed by atoms with Crippen LogP contribution in [-0.4, -0.2) is 36.5 Å². The minimum Gasteiger partial charge on any atom is -0.461 e. The lowest BCUT2D eigenvalue weighted by Gasteiger charge is -2.50. The fraction of sp³-hybridized carbons (Fsp3) is 0.762. The molecule has 1 aliphatic heterocycles. The van der Waals surface area contributed by atoms with Gasteiger partial charge in [0.05, 0.1) is 17.6 Å². The number of hydrogen-bond donors (Lipinski definition) is 1. The van der Waals surface area contributed by atoms with Gasteiger partial charge >= 0.3 is 5.97 Å². The molecule has 2 aliphatic carbocycles. The van der Waals surface area contributed by atoms with Crippen molar-refractivity contribution in [2.24, 2.45) is 23.2 Å². The van der Waals surface area contributed by atoms with Crippen molar-refractivity contribution in [3.05, 3.63) is 23.8 Å². The van der Waals surface area contributed by atoms with Gasteiger partial charge in [-0.2, -0.15) is 0 Å². The fourth-order valence-corrected chi connectivity index (χ4v) is 5.16. The van der Waals surface area contributed by atoms with Gasteiger partial charge < -0.3 is 14.6 Å². The second-order valence-corrected chi connectivity index (χ2v) is 8.76. The average molecular weight is 348 g/mol. The molecule has 4 heteroatoms. The van der Waals surface area contributed by atoms with Crippen LogP contribution < -0.4 is 0 Å². The Morgan fingerprint density at radius 2 is 2.08 bits per heavy atom. The third-order valence-electron chi connectivity index (χ3n) is 6.67. The van der Waals surface area contributed by atoms with Crippen molar-refractivity contribution in [2.45, 2.75) is 64.6 Å². The lowest BCUT2D eigenvalue weighted by Crippen LogP contribution is -2.55. The molecular weight excluding hydrogens is 316 g/mol. The molecule has 140 valence electrons. The molecule has 0 aromatic heterocycles. The molecule has 3 aliphatic rings. The van der Waals surface area contributed by atoms with Gasteiger partial charge in [0.1, 0.15) is 6.61 Å². The highest BCUT2D eigenvalue weighted by atomic mass is 16.5. The van der Waals surface area contributed by atoms with Crippen LogP contribution in [0.5, 0.6) is 0 Å². The number of methoxy groups -OCH3 is 1. The summed E-state index contributed by atoms with van der Waals surface area (Å²) in [5.74, 6) is 0.244. The molecule has 3 rings (SSSR count). The van der Waals surface area contributed by atoms with Crippen LogP contribution in [-0.2, 0) is 14.3 Å². The maximum atomic E-state index is 12.7. The van der Waals surface area contributed by atoms with E-state index in [0.717, 1.165) is 19.3 Å². The van der Waals surface area contributed by atoms with Crippen molar-refractivity contribution < 1.29 is 19.4 Å². The molecule has 3 fully saturated rings. The van der Waals surface area contributed by atoms with Crippen LogP contribution in [0.15, 0.2) is 23.8 Å². The number of rotatable bonds is 3. The lowest BCUT2D eigenvalue weighted by atomic mass is 9.62. The monoisotopic (exact) mass is 348 g/mol. The van der Waals surface area contributed by atoms with Crippen LogP contribution in [0.25, 0.3) is 0 Å². The van der Waals surface area contributed by atoms with Gasteiger partial charge in [0.15, 0.2) is 0 Å². The highest BCUT2D eigenvalue weighted by molar-refractivity contribution is 5.76. The maximum absolute atomic E-state index is 12.7. The molecule has 0 spiro atoms. The van der Waals surface area contributed by atoms with Crippen molar-refractivity contribution in [1.29, 1.82) is 0 Å². The number of esters is 1. The van der Waals surface area contributed by atoms with E-state index in [2.05, 4.69) is 39.0 Å². The normalized spacial score (nSPS) is 43.2. The number of ether oxygens (including phenoxy) is 2. The Morgan fingerprint density at radius 1 is 1.32 bits per heavy atom. The van der Waals surface area contributed by atoms with Crippen LogP contribution in [0.4, 0.5) is 0 Å². The first-order valence-electron chi connectivity index (χ1n) is 9.58. The third kappa shape index (κ3) is 3.31. The van der Waals surface area contributed by atoms with E-state index in [1.165, 1.54) is 5.57 Å². The molecule has 1 heterocycles. The third-order valence-corrected chi connectivity index (χ3v) is 6.67. The van der Waals surface area contributed by atoms with E-state index in [9.17, 15) is 9.90 Å². The zero-order chi connectivity index (χ0) is 18.2. The van der Waals surface area contributed by atoms with E-state index < -0.39 is 5.60 Å². The van der Waals surface area contributed by atoms with Crippen molar-refractivity contribution in [2.75, 3.05) is 13.7 Å². The van der Waals surface area contributed by atoms with Gasteiger partial charge in [0.2, 0.25) is 0 Å². The van der Waals surface area contributed by atoms with E-state index in [1.54, 1.807) is 7.11 Å². The summed E-state index contributed by atoms with van der Waals surface area (Å²) in [6.45, 7) is 6.82. The molecule has 4 nitrogen and oxygen atoms in total. The number of aliphatic hydroxyl groups excluding tert-OH is 1. The number of carbonyl (C=O) groups excluding carboxylic acids is 1. The molecule has 0 radical (unpaired) electrons. The second kappa shape index (κ2) is 6.88. The van der Waals surface area contributed by atoms with Crippen LogP contribution >= 0.6 is 0 Å². The predicted octanol–water partition coefficient (Wildman–Crippen LogP) is 3.64. The quantitative estimate of drug-likeness (QED) is 0.791. The number of allylic oxidation sites excluding steroid dienone is 3. The molecule has 0 aromatic carbocycles. The topological polar surface area (TPSA) is 55.8 Å². The zero-order valence-corrected chi connectivity index (χ0v) is 16.0. The molecule has 0 amide bonds. The molecule has 1 N–H and O–H groups in total. The molecule has 5 atom stereocenters. The second-order valence-electron chi connectivity index (χ2n) is 8.76. The van der Waals surface area contributed by atoms with Crippen molar-refractivity contribution in [3.63, 3.8) is 0 Å². The first-order valence-corrected chi connectivity index (χ1v) is 9.58. The molecule has 2 bridgehead atoms. The number of hydrogen-bond acceptors (Lipinski definition) is 4. The van der Waals surface area contributed by atoms with Gasteiger partial charge in [0.25, 0.3) is 0 Å². The van der Waals surface area contributed by atoms with E-state index in [-0.39, 0.29) is 29.3 Å². The summed E-state index contributed by atoms with van der Waals surface area (Å²) >= 11 is 0. The Hall–Kier alpha value is -1.13. The van der Waals surface area contributed by atoms with Crippen molar-refractivity contribution in [1.82, 2.24) is 0 Å². The van der Waals surface area contributed by atoms with Gasteiger partial charge in [-0.25, -0.2) is 0 Å². The first kappa shape index (κ1) is 18.7. The van der Waals surface area contributed by atoms with E-state index in [4.69, 9.17) is 9.47 Å². The van der Waals surface area contributed by atoms with Gasteiger partial charge in [-0.1, -0.05) is 39.0 Å². The minimum absolute atomic E-state index is 0.127. The highest BCUT2D eigenvalue weighted by Gasteiger charge is 2.59. The summed E-state index contributed by atoms with van der Waals surface area (Å²) < 4.78 is 11.6. The molecule has 0 aromatic rings. The highest BCUT2D eigenvalue weighted by Crippen LogP contribution is 2.56. The summed E-state index contributed by atoms with van der Waals surface area (Å²) in [7, 11) is 1.71. The van der Waals surface area contributed by atoms with E-state index >= 15 is 0 Å². The molecule has 1 saturated heterocycles. The smallest absolute Gasteiger partial charge is 0.312 e. The van der Waals surface area contributed by atoms with Crippen LogP contribution in [0.1, 0.15) is 52.9 Å². The first-order chi connectivity index (χ1) is 11.8. The molecule has 2 saturated carbocycles. The van der Waals surface area contributed by atoms with Gasteiger partial charge in [-0.3, -0.25) is 4.79 Å². The summed E-state index contributed by atoms with van der Waals surface area (Å²) in [6, 6.07) is 0. The summed E-state index contributed by atoms with van der Waals surface area (Å²) in [4.78, 5) is 12.7.